The lowest BCUT2D eigenvalue weighted by Crippen LogP contribution is -2.40. The number of nitrogens with two attached hydrogens (primary N) is 1. The lowest BCUT2D eigenvalue weighted by atomic mass is 9.73. The molecule has 138 valence electrons. The second-order valence-electron chi connectivity index (χ2n) is 7.53. The summed E-state index contributed by atoms with van der Waals surface area (Å²) in [5.74, 6) is 0. The van der Waals surface area contributed by atoms with Crippen molar-refractivity contribution in [2.75, 3.05) is 0 Å². The van der Waals surface area contributed by atoms with Crippen molar-refractivity contribution in [3.05, 3.63) is 113 Å². The summed E-state index contributed by atoms with van der Waals surface area (Å²) in [6, 6.07) is 29.5. The molecular weight excluding hydrogens is 342 g/mol. The summed E-state index contributed by atoms with van der Waals surface area (Å²) < 4.78 is 0. The predicted molar refractivity (Wildman–Crippen MR) is 115 cm³/mol. The molecule has 3 N–H and O–H groups in total. The number of hydrazone groups is 1. The zero-order valence-electron chi connectivity index (χ0n) is 15.7. The molecular formula is C25H23N3. The molecule has 0 fully saturated rings. The minimum atomic E-state index is -0.399. The first-order valence-corrected chi connectivity index (χ1v) is 9.80. The highest BCUT2D eigenvalue weighted by Crippen LogP contribution is 2.44. The number of aryl methyl sites for hydroxylation is 1. The van der Waals surface area contributed by atoms with Crippen LogP contribution in [-0.4, -0.2) is 5.71 Å². The maximum Gasteiger partial charge on any atom is 0.109 e. The van der Waals surface area contributed by atoms with Crippen molar-refractivity contribution in [2.24, 2.45) is 10.8 Å². The Morgan fingerprint density at radius 1 is 0.786 bits per heavy atom. The molecule has 2 aliphatic rings. The molecule has 0 radical (unpaired) electrons. The first-order valence-electron chi connectivity index (χ1n) is 9.80. The molecule has 3 aromatic carbocycles. The Morgan fingerprint density at radius 3 is 2.25 bits per heavy atom. The van der Waals surface area contributed by atoms with Crippen molar-refractivity contribution >= 4 is 11.4 Å². The van der Waals surface area contributed by atoms with Gasteiger partial charge in [-0.2, -0.15) is 5.10 Å². The highest BCUT2D eigenvalue weighted by molar-refractivity contribution is 6.03. The van der Waals surface area contributed by atoms with Gasteiger partial charge in [0.05, 0.1) is 5.71 Å². The van der Waals surface area contributed by atoms with Gasteiger partial charge in [0.25, 0.3) is 0 Å². The van der Waals surface area contributed by atoms with Gasteiger partial charge in [-0.05, 0) is 35.1 Å². The van der Waals surface area contributed by atoms with Crippen molar-refractivity contribution in [3.63, 3.8) is 0 Å². The molecule has 0 amide bonds. The van der Waals surface area contributed by atoms with E-state index in [0.717, 1.165) is 41.8 Å². The fourth-order valence-corrected chi connectivity index (χ4v) is 4.53. The summed E-state index contributed by atoms with van der Waals surface area (Å²) in [6.07, 6.45) is 2.73. The Bertz CT molecular complexity index is 1070. The van der Waals surface area contributed by atoms with Crippen molar-refractivity contribution < 1.29 is 0 Å². The monoisotopic (exact) mass is 365 g/mol. The van der Waals surface area contributed by atoms with Crippen LogP contribution in [0.2, 0.25) is 0 Å². The van der Waals surface area contributed by atoms with Crippen LogP contribution >= 0.6 is 0 Å². The van der Waals surface area contributed by atoms with Crippen molar-refractivity contribution in [3.8, 4) is 0 Å². The highest BCUT2D eigenvalue weighted by atomic mass is 15.4. The van der Waals surface area contributed by atoms with E-state index in [1.54, 1.807) is 0 Å². The molecule has 3 aromatic rings. The van der Waals surface area contributed by atoms with E-state index in [0.29, 0.717) is 0 Å². The first kappa shape index (κ1) is 16.8. The fourth-order valence-electron chi connectivity index (χ4n) is 4.53. The Hall–Kier alpha value is -3.33. The average Bonchev–Trinajstić information content (AvgIpc) is 3.22. The number of hydrogen-bond acceptors (Lipinski definition) is 3. The number of fused-ring (bicyclic) bond motifs is 1. The Morgan fingerprint density at radius 2 is 1.46 bits per heavy atom. The van der Waals surface area contributed by atoms with Crippen LogP contribution in [0.15, 0.2) is 95.6 Å². The van der Waals surface area contributed by atoms with Gasteiger partial charge in [0.2, 0.25) is 0 Å². The van der Waals surface area contributed by atoms with Crippen LogP contribution in [0.25, 0.3) is 5.70 Å². The number of nitrogens with zero attached hydrogens (tertiary/aromatic N) is 1. The van der Waals surface area contributed by atoms with Gasteiger partial charge in [-0.1, -0.05) is 84.9 Å². The van der Waals surface area contributed by atoms with Gasteiger partial charge in [-0.3, -0.25) is 5.43 Å². The number of benzene rings is 3. The molecule has 1 aliphatic carbocycles. The molecule has 3 heteroatoms. The first-order chi connectivity index (χ1) is 13.8. The van der Waals surface area contributed by atoms with Crippen LogP contribution in [0.4, 0.5) is 0 Å². The van der Waals surface area contributed by atoms with Gasteiger partial charge >= 0.3 is 0 Å². The van der Waals surface area contributed by atoms with Crippen molar-refractivity contribution in [1.29, 1.82) is 0 Å². The Kier molecular flexibility index (Phi) is 4.01. The van der Waals surface area contributed by atoms with Crippen LogP contribution in [0.1, 0.15) is 35.1 Å². The van der Waals surface area contributed by atoms with Crippen LogP contribution in [-0.2, 0) is 12.0 Å². The molecule has 1 aliphatic heterocycles. The van der Waals surface area contributed by atoms with E-state index >= 15 is 0 Å². The molecule has 1 heterocycles. The topological polar surface area (TPSA) is 50.4 Å². The summed E-state index contributed by atoms with van der Waals surface area (Å²) in [6.45, 7) is 0. The Balaban J connectivity index is 1.64. The molecule has 5 rings (SSSR count). The zero-order valence-corrected chi connectivity index (χ0v) is 15.7. The zero-order chi connectivity index (χ0) is 19.0. The number of rotatable bonds is 3. The molecule has 0 aromatic heterocycles. The van der Waals surface area contributed by atoms with E-state index in [1.165, 1.54) is 16.7 Å². The van der Waals surface area contributed by atoms with Gasteiger partial charge < -0.3 is 5.73 Å². The van der Waals surface area contributed by atoms with Crippen molar-refractivity contribution in [2.45, 2.75) is 24.8 Å². The van der Waals surface area contributed by atoms with Gasteiger partial charge in [0.1, 0.15) is 5.54 Å². The molecule has 0 bridgehead atoms. The quantitative estimate of drug-likeness (QED) is 0.713. The van der Waals surface area contributed by atoms with Crippen LogP contribution < -0.4 is 11.2 Å². The minimum absolute atomic E-state index is 0.399. The average molecular weight is 365 g/mol. The lowest BCUT2D eigenvalue weighted by molar-refractivity contribution is 0.434. The molecule has 28 heavy (non-hydrogen) atoms. The van der Waals surface area contributed by atoms with Gasteiger partial charge in [-0.15, -0.1) is 0 Å². The minimum Gasteiger partial charge on any atom is -0.398 e. The normalized spacial score (nSPS) is 21.1. The Labute approximate surface area is 165 Å². The molecule has 0 saturated carbocycles. The second kappa shape index (κ2) is 6.68. The summed E-state index contributed by atoms with van der Waals surface area (Å²) in [5.41, 5.74) is 17.9. The number of nitrogens with one attached hydrogen (secondary N) is 1. The maximum atomic E-state index is 6.77. The third-order valence-corrected chi connectivity index (χ3v) is 5.98. The molecule has 0 spiro atoms. The van der Waals surface area contributed by atoms with E-state index in [1.807, 2.05) is 6.07 Å². The predicted octanol–water partition coefficient (Wildman–Crippen LogP) is 4.60. The van der Waals surface area contributed by atoms with E-state index in [-0.39, 0.29) is 0 Å². The van der Waals surface area contributed by atoms with E-state index in [9.17, 15) is 0 Å². The lowest BCUT2D eigenvalue weighted by Gasteiger charge is -2.36. The SMILES string of the molecule is NC1=C(C2(c3ccccc3)CC(c3ccccc3)=NN2)CCc2ccccc21. The third-order valence-electron chi connectivity index (χ3n) is 5.98. The summed E-state index contributed by atoms with van der Waals surface area (Å²) >= 11 is 0. The molecule has 3 nitrogen and oxygen atoms in total. The van der Waals surface area contributed by atoms with Crippen molar-refractivity contribution in [1.82, 2.24) is 5.43 Å². The summed E-state index contributed by atoms with van der Waals surface area (Å²) in [5, 5.41) is 4.78. The molecule has 1 atom stereocenters. The highest BCUT2D eigenvalue weighted by Gasteiger charge is 2.43. The van der Waals surface area contributed by atoms with Crippen LogP contribution in [0.5, 0.6) is 0 Å². The van der Waals surface area contributed by atoms with E-state index in [4.69, 9.17) is 10.8 Å². The summed E-state index contributed by atoms with van der Waals surface area (Å²) in [7, 11) is 0. The van der Waals surface area contributed by atoms with E-state index < -0.39 is 5.54 Å². The maximum absolute atomic E-state index is 6.77. The van der Waals surface area contributed by atoms with Gasteiger partial charge in [-0.25, -0.2) is 0 Å². The van der Waals surface area contributed by atoms with E-state index in [2.05, 4.69) is 84.3 Å². The standard InChI is InChI=1S/C25H23N3/c26-24-21-14-8-7-9-18(21)15-16-22(24)25(20-12-5-2-6-13-20)17-23(27-28-25)19-10-3-1-4-11-19/h1-14,28H,15-17,26H2. The number of hydrogen-bond donors (Lipinski definition) is 2. The molecule has 0 saturated heterocycles. The van der Waals surface area contributed by atoms with Gasteiger partial charge in [0, 0.05) is 17.7 Å². The largest absolute Gasteiger partial charge is 0.398 e. The molecule has 1 unspecified atom stereocenters. The smallest absolute Gasteiger partial charge is 0.109 e. The third kappa shape index (κ3) is 2.63. The van der Waals surface area contributed by atoms with Gasteiger partial charge in [0.15, 0.2) is 0 Å². The fraction of sp³-hybridized carbons (Fsp3) is 0.160. The summed E-state index contributed by atoms with van der Waals surface area (Å²) in [4.78, 5) is 0. The van der Waals surface area contributed by atoms with Crippen LogP contribution in [0.3, 0.4) is 0 Å². The van der Waals surface area contributed by atoms with Crippen LogP contribution in [0, 0.1) is 0 Å². The second-order valence-corrected chi connectivity index (χ2v) is 7.53.